The zero-order valence-corrected chi connectivity index (χ0v) is 18.7. The molecule has 0 aliphatic rings. The Kier molecular flexibility index (Phi) is 6.56. The SMILES string of the molecule is C[C@@H](NC(=O)c1ccccc1NC(=O)CSc1nc2ccccc2n1C)c1ccccc1. The smallest absolute Gasteiger partial charge is 0.253 e. The first-order valence-electron chi connectivity index (χ1n) is 10.3. The number of carbonyl (C=O) groups is 2. The number of amides is 2. The molecule has 1 heterocycles. The third-order valence-electron chi connectivity index (χ3n) is 5.17. The normalized spacial score (nSPS) is 11.8. The van der Waals surface area contributed by atoms with E-state index in [4.69, 9.17) is 0 Å². The quantitative estimate of drug-likeness (QED) is 0.402. The van der Waals surface area contributed by atoms with Crippen molar-refractivity contribution < 1.29 is 9.59 Å². The van der Waals surface area contributed by atoms with E-state index in [1.807, 2.05) is 73.1 Å². The van der Waals surface area contributed by atoms with Crippen molar-refractivity contribution >= 4 is 40.3 Å². The van der Waals surface area contributed by atoms with Gasteiger partial charge in [0.2, 0.25) is 5.91 Å². The molecule has 32 heavy (non-hydrogen) atoms. The van der Waals surface area contributed by atoms with E-state index < -0.39 is 0 Å². The molecule has 0 unspecified atom stereocenters. The molecule has 2 N–H and O–H groups in total. The van der Waals surface area contributed by atoms with Crippen LogP contribution in [0.3, 0.4) is 0 Å². The topological polar surface area (TPSA) is 76.0 Å². The van der Waals surface area contributed by atoms with Gasteiger partial charge >= 0.3 is 0 Å². The minimum atomic E-state index is -0.236. The lowest BCUT2D eigenvalue weighted by Gasteiger charge is -2.16. The van der Waals surface area contributed by atoms with Crippen molar-refractivity contribution in [2.45, 2.75) is 18.1 Å². The molecule has 0 saturated heterocycles. The fourth-order valence-corrected chi connectivity index (χ4v) is 4.25. The number of imidazole rings is 1. The first-order valence-corrected chi connectivity index (χ1v) is 11.3. The highest BCUT2D eigenvalue weighted by Gasteiger charge is 2.17. The van der Waals surface area contributed by atoms with E-state index in [1.54, 1.807) is 24.3 Å². The molecule has 0 aliphatic heterocycles. The summed E-state index contributed by atoms with van der Waals surface area (Å²) in [6.07, 6.45) is 0. The Bertz CT molecular complexity index is 1250. The molecule has 0 spiro atoms. The zero-order chi connectivity index (χ0) is 22.5. The van der Waals surface area contributed by atoms with Crippen LogP contribution in [-0.2, 0) is 11.8 Å². The van der Waals surface area contributed by atoms with Gasteiger partial charge < -0.3 is 15.2 Å². The number of para-hydroxylation sites is 3. The van der Waals surface area contributed by atoms with Crippen LogP contribution in [0.2, 0.25) is 0 Å². The fourth-order valence-electron chi connectivity index (χ4n) is 3.46. The number of thioether (sulfide) groups is 1. The molecule has 2 amide bonds. The van der Waals surface area contributed by atoms with Crippen molar-refractivity contribution in [2.24, 2.45) is 7.05 Å². The van der Waals surface area contributed by atoms with Crippen LogP contribution in [0.1, 0.15) is 28.9 Å². The summed E-state index contributed by atoms with van der Waals surface area (Å²) in [4.78, 5) is 30.1. The van der Waals surface area contributed by atoms with Crippen LogP contribution >= 0.6 is 11.8 Å². The Morgan fingerprint density at radius 3 is 2.44 bits per heavy atom. The number of benzene rings is 3. The molecule has 0 aliphatic carbocycles. The van der Waals surface area contributed by atoms with E-state index in [0.29, 0.717) is 11.3 Å². The highest BCUT2D eigenvalue weighted by molar-refractivity contribution is 7.99. The van der Waals surface area contributed by atoms with Gasteiger partial charge in [0, 0.05) is 7.05 Å². The van der Waals surface area contributed by atoms with Gasteiger partial charge in [-0.15, -0.1) is 0 Å². The van der Waals surface area contributed by atoms with Gasteiger partial charge in [-0.2, -0.15) is 0 Å². The summed E-state index contributed by atoms with van der Waals surface area (Å²) in [6, 6.07) is 24.5. The third kappa shape index (κ3) is 4.84. The monoisotopic (exact) mass is 444 g/mol. The predicted octanol–water partition coefficient (Wildman–Crippen LogP) is 4.80. The standard InChI is InChI=1S/C25H24N4O2S/c1-17(18-10-4-3-5-11-18)26-24(31)19-12-6-7-13-20(19)27-23(30)16-32-25-28-21-14-8-9-15-22(21)29(25)2/h3-15,17H,16H2,1-2H3,(H,26,31)(H,27,30)/t17-/m1/s1. The first-order chi connectivity index (χ1) is 15.5. The number of rotatable bonds is 7. The first kappa shape index (κ1) is 21.6. The van der Waals surface area contributed by atoms with E-state index in [2.05, 4.69) is 15.6 Å². The summed E-state index contributed by atoms with van der Waals surface area (Å²) in [5.41, 5.74) is 3.84. The maximum absolute atomic E-state index is 12.9. The fraction of sp³-hybridized carbons (Fsp3) is 0.160. The average molecular weight is 445 g/mol. The van der Waals surface area contributed by atoms with Crippen molar-refractivity contribution in [3.8, 4) is 0 Å². The van der Waals surface area contributed by atoms with Crippen molar-refractivity contribution in [1.82, 2.24) is 14.9 Å². The molecule has 6 nitrogen and oxygen atoms in total. The second-order valence-electron chi connectivity index (χ2n) is 7.43. The molecular weight excluding hydrogens is 420 g/mol. The predicted molar refractivity (Wildman–Crippen MR) is 129 cm³/mol. The third-order valence-corrected chi connectivity index (χ3v) is 6.20. The summed E-state index contributed by atoms with van der Waals surface area (Å²) < 4.78 is 1.97. The molecule has 0 fully saturated rings. The number of carbonyl (C=O) groups excluding carboxylic acids is 2. The van der Waals surface area contributed by atoms with Crippen LogP contribution in [0.15, 0.2) is 84.0 Å². The van der Waals surface area contributed by atoms with E-state index in [0.717, 1.165) is 21.8 Å². The number of nitrogens with one attached hydrogen (secondary N) is 2. The Labute approximate surface area is 191 Å². The largest absolute Gasteiger partial charge is 0.345 e. The Hall–Kier alpha value is -3.58. The van der Waals surface area contributed by atoms with Gasteiger partial charge in [0.25, 0.3) is 5.91 Å². The Morgan fingerprint density at radius 1 is 0.969 bits per heavy atom. The average Bonchev–Trinajstić information content (AvgIpc) is 3.14. The molecule has 0 saturated carbocycles. The van der Waals surface area contributed by atoms with E-state index >= 15 is 0 Å². The molecule has 162 valence electrons. The Balaban J connectivity index is 1.41. The summed E-state index contributed by atoms with van der Waals surface area (Å²) in [5, 5.41) is 6.64. The van der Waals surface area contributed by atoms with Crippen LogP contribution in [0.25, 0.3) is 11.0 Å². The van der Waals surface area contributed by atoms with Crippen LogP contribution in [0.4, 0.5) is 5.69 Å². The lowest BCUT2D eigenvalue weighted by atomic mass is 10.1. The maximum atomic E-state index is 12.9. The van der Waals surface area contributed by atoms with Gasteiger partial charge in [-0.25, -0.2) is 4.98 Å². The second-order valence-corrected chi connectivity index (χ2v) is 8.37. The Morgan fingerprint density at radius 2 is 1.66 bits per heavy atom. The van der Waals surface area contributed by atoms with Crippen LogP contribution < -0.4 is 10.6 Å². The summed E-state index contributed by atoms with van der Waals surface area (Å²) in [7, 11) is 1.93. The maximum Gasteiger partial charge on any atom is 0.253 e. The number of nitrogens with zero attached hydrogens (tertiary/aromatic N) is 2. The second kappa shape index (κ2) is 9.70. The number of hydrogen-bond donors (Lipinski definition) is 2. The highest BCUT2D eigenvalue weighted by atomic mass is 32.2. The minimum Gasteiger partial charge on any atom is -0.345 e. The molecule has 4 rings (SSSR count). The minimum absolute atomic E-state index is 0.152. The lowest BCUT2D eigenvalue weighted by Crippen LogP contribution is -2.28. The summed E-state index contributed by atoms with van der Waals surface area (Å²) in [6.45, 7) is 1.93. The van der Waals surface area contributed by atoms with Crippen molar-refractivity contribution in [3.05, 3.63) is 90.0 Å². The van der Waals surface area contributed by atoms with Gasteiger partial charge in [-0.05, 0) is 36.8 Å². The van der Waals surface area contributed by atoms with Gasteiger partial charge in [0.15, 0.2) is 5.16 Å². The molecule has 0 bridgehead atoms. The molecular formula is C25H24N4O2S. The van der Waals surface area contributed by atoms with E-state index in [1.165, 1.54) is 11.8 Å². The molecule has 3 aromatic carbocycles. The molecule has 1 atom stereocenters. The number of hydrogen-bond acceptors (Lipinski definition) is 4. The van der Waals surface area contributed by atoms with Crippen LogP contribution in [-0.4, -0.2) is 27.1 Å². The lowest BCUT2D eigenvalue weighted by molar-refractivity contribution is -0.113. The van der Waals surface area contributed by atoms with Gasteiger partial charge in [0.1, 0.15) is 0 Å². The molecule has 7 heteroatoms. The number of aromatic nitrogens is 2. The van der Waals surface area contributed by atoms with Crippen molar-refractivity contribution in [3.63, 3.8) is 0 Å². The van der Waals surface area contributed by atoms with Crippen molar-refractivity contribution in [1.29, 1.82) is 0 Å². The molecule has 0 radical (unpaired) electrons. The van der Waals surface area contributed by atoms with Gasteiger partial charge in [0.05, 0.1) is 34.1 Å². The number of anilines is 1. The van der Waals surface area contributed by atoms with Crippen molar-refractivity contribution in [2.75, 3.05) is 11.1 Å². The molecule has 1 aromatic heterocycles. The zero-order valence-electron chi connectivity index (χ0n) is 17.9. The number of fused-ring (bicyclic) bond motifs is 1. The molecule has 4 aromatic rings. The van der Waals surface area contributed by atoms with Crippen LogP contribution in [0.5, 0.6) is 0 Å². The van der Waals surface area contributed by atoms with E-state index in [9.17, 15) is 9.59 Å². The highest BCUT2D eigenvalue weighted by Crippen LogP contribution is 2.23. The summed E-state index contributed by atoms with van der Waals surface area (Å²) >= 11 is 1.36. The van der Waals surface area contributed by atoms with Gasteiger partial charge in [-0.3, -0.25) is 9.59 Å². The van der Waals surface area contributed by atoms with Crippen LogP contribution in [0, 0.1) is 0 Å². The van der Waals surface area contributed by atoms with E-state index in [-0.39, 0.29) is 23.6 Å². The van der Waals surface area contributed by atoms with Gasteiger partial charge in [-0.1, -0.05) is 66.4 Å². The number of aryl methyl sites for hydroxylation is 1. The summed E-state index contributed by atoms with van der Waals surface area (Å²) in [5.74, 6) is -0.244.